The minimum Gasteiger partial charge on any atom is -0.465 e. The summed E-state index contributed by atoms with van der Waals surface area (Å²) in [6.07, 6.45) is 1.92. The summed E-state index contributed by atoms with van der Waals surface area (Å²) in [7, 11) is 3.29. The van der Waals surface area contributed by atoms with Crippen LogP contribution in [0.3, 0.4) is 0 Å². The van der Waals surface area contributed by atoms with E-state index in [-0.39, 0.29) is 5.97 Å². The molecule has 5 nitrogen and oxygen atoms in total. The molecule has 0 fully saturated rings. The van der Waals surface area contributed by atoms with Crippen LogP contribution in [0.15, 0.2) is 48.7 Å². The number of nitrogens with zero attached hydrogens (tertiary/aromatic N) is 2. The normalized spacial score (nSPS) is 10.8. The summed E-state index contributed by atoms with van der Waals surface area (Å²) in [6, 6.07) is 13.6. The molecule has 0 unspecified atom stereocenters. The van der Waals surface area contributed by atoms with Crippen LogP contribution in [0.25, 0.3) is 16.6 Å². The van der Waals surface area contributed by atoms with Crippen LogP contribution in [0.1, 0.15) is 15.9 Å². The third-order valence-electron chi connectivity index (χ3n) is 3.50. The summed E-state index contributed by atoms with van der Waals surface area (Å²) in [5.74, 6) is -0.375. The number of rotatable bonds is 4. The molecule has 0 aliphatic heterocycles. The molecule has 22 heavy (non-hydrogen) atoms. The maximum absolute atomic E-state index is 11.8. The van der Waals surface area contributed by atoms with Gasteiger partial charge < -0.3 is 10.1 Å². The van der Waals surface area contributed by atoms with Gasteiger partial charge in [0.2, 0.25) is 0 Å². The lowest BCUT2D eigenvalue weighted by molar-refractivity contribution is 0.0602. The first-order valence-electron chi connectivity index (χ1n) is 7.03. The van der Waals surface area contributed by atoms with E-state index in [1.807, 2.05) is 37.5 Å². The van der Waals surface area contributed by atoms with Gasteiger partial charge in [0, 0.05) is 18.1 Å². The number of aromatic nitrogens is 2. The van der Waals surface area contributed by atoms with Crippen molar-refractivity contribution < 1.29 is 9.53 Å². The molecular formula is C17H17N3O2. The zero-order valence-electron chi connectivity index (χ0n) is 12.5. The zero-order valence-corrected chi connectivity index (χ0v) is 12.5. The summed E-state index contributed by atoms with van der Waals surface area (Å²) in [5, 5.41) is 8.58. The minimum atomic E-state index is -0.375. The molecule has 1 aromatic heterocycles. The molecule has 1 N–H and O–H groups in total. The molecule has 112 valence electrons. The van der Waals surface area contributed by atoms with E-state index in [0.29, 0.717) is 11.1 Å². The molecule has 3 aromatic rings. The maximum Gasteiger partial charge on any atom is 0.340 e. The van der Waals surface area contributed by atoms with Gasteiger partial charge in [-0.1, -0.05) is 24.3 Å². The monoisotopic (exact) mass is 295 g/mol. The predicted octanol–water partition coefficient (Wildman–Crippen LogP) is 2.53. The summed E-state index contributed by atoms with van der Waals surface area (Å²) in [4.78, 5) is 11.8. The molecule has 5 heteroatoms. The third-order valence-corrected chi connectivity index (χ3v) is 3.50. The van der Waals surface area contributed by atoms with E-state index < -0.39 is 0 Å². The number of esters is 1. The van der Waals surface area contributed by atoms with Crippen molar-refractivity contribution in [2.75, 3.05) is 14.2 Å². The summed E-state index contributed by atoms with van der Waals surface area (Å²) >= 11 is 0. The van der Waals surface area contributed by atoms with Crippen molar-refractivity contribution >= 4 is 16.9 Å². The molecule has 0 amide bonds. The number of methoxy groups -OCH3 is 1. The molecule has 1 heterocycles. The molecule has 0 atom stereocenters. The average Bonchev–Trinajstić information content (AvgIpc) is 2.99. The largest absolute Gasteiger partial charge is 0.465 e. The van der Waals surface area contributed by atoms with Gasteiger partial charge in [0.15, 0.2) is 0 Å². The number of carbonyl (C=O) groups is 1. The van der Waals surface area contributed by atoms with E-state index in [4.69, 9.17) is 4.74 Å². The second-order valence-corrected chi connectivity index (χ2v) is 5.01. The van der Waals surface area contributed by atoms with Crippen molar-refractivity contribution in [1.29, 1.82) is 0 Å². The van der Waals surface area contributed by atoms with E-state index in [0.717, 1.165) is 17.6 Å². The summed E-state index contributed by atoms with van der Waals surface area (Å²) in [5.41, 5.74) is 3.26. The van der Waals surface area contributed by atoms with Gasteiger partial charge in [0.25, 0.3) is 0 Å². The Balaban J connectivity index is 2.09. The molecule has 2 aromatic carbocycles. The van der Waals surface area contributed by atoms with Crippen molar-refractivity contribution in [1.82, 2.24) is 15.1 Å². The van der Waals surface area contributed by atoms with Crippen LogP contribution in [-0.4, -0.2) is 29.9 Å². The molecule has 0 bridgehead atoms. The SMILES string of the molecule is CNCc1cccc(-n2cc3cccc(C(=O)OC)c3n2)c1. The minimum absolute atomic E-state index is 0.375. The van der Waals surface area contributed by atoms with Gasteiger partial charge in [-0.05, 0) is 30.8 Å². The number of fused-ring (bicyclic) bond motifs is 1. The molecule has 0 saturated heterocycles. The Bertz CT molecular complexity index is 824. The van der Waals surface area contributed by atoms with Crippen molar-refractivity contribution in [2.24, 2.45) is 0 Å². The van der Waals surface area contributed by atoms with E-state index in [9.17, 15) is 4.79 Å². The molecule has 0 spiro atoms. The Morgan fingerprint density at radius 3 is 2.86 bits per heavy atom. The van der Waals surface area contributed by atoms with Crippen molar-refractivity contribution in [3.05, 3.63) is 59.8 Å². The van der Waals surface area contributed by atoms with E-state index in [2.05, 4.69) is 22.5 Å². The highest BCUT2D eigenvalue weighted by atomic mass is 16.5. The van der Waals surface area contributed by atoms with Crippen LogP contribution in [0.5, 0.6) is 0 Å². The molecule has 0 saturated carbocycles. The lowest BCUT2D eigenvalue weighted by Crippen LogP contribution is -2.06. The maximum atomic E-state index is 11.8. The Labute approximate surface area is 128 Å². The van der Waals surface area contributed by atoms with Gasteiger partial charge >= 0.3 is 5.97 Å². The van der Waals surface area contributed by atoms with Crippen LogP contribution in [0.4, 0.5) is 0 Å². The topological polar surface area (TPSA) is 56.2 Å². The fraction of sp³-hybridized carbons (Fsp3) is 0.176. The highest BCUT2D eigenvalue weighted by molar-refractivity contribution is 6.02. The zero-order chi connectivity index (χ0) is 15.5. The fourth-order valence-corrected chi connectivity index (χ4v) is 2.47. The lowest BCUT2D eigenvalue weighted by Gasteiger charge is -2.04. The number of carbonyl (C=O) groups excluding carboxylic acids is 1. The first-order chi connectivity index (χ1) is 10.7. The molecule has 0 radical (unpaired) electrons. The van der Waals surface area contributed by atoms with Gasteiger partial charge in [-0.25, -0.2) is 9.48 Å². The first-order valence-corrected chi connectivity index (χ1v) is 7.03. The fourth-order valence-electron chi connectivity index (χ4n) is 2.47. The highest BCUT2D eigenvalue weighted by Crippen LogP contribution is 2.20. The predicted molar refractivity (Wildman–Crippen MR) is 85.2 cm³/mol. The second kappa shape index (κ2) is 5.99. The number of ether oxygens (including phenoxy) is 1. The van der Waals surface area contributed by atoms with Gasteiger partial charge in [-0.2, -0.15) is 5.10 Å². The molecule has 0 aliphatic rings. The number of nitrogens with one attached hydrogen (secondary N) is 1. The number of benzene rings is 2. The van der Waals surface area contributed by atoms with Crippen LogP contribution < -0.4 is 5.32 Å². The smallest absolute Gasteiger partial charge is 0.340 e. The van der Waals surface area contributed by atoms with Crippen LogP contribution in [0, 0.1) is 0 Å². The van der Waals surface area contributed by atoms with Gasteiger partial charge in [-0.15, -0.1) is 0 Å². The van der Waals surface area contributed by atoms with Crippen LogP contribution in [-0.2, 0) is 11.3 Å². The number of hydrogen-bond donors (Lipinski definition) is 1. The number of hydrogen-bond acceptors (Lipinski definition) is 4. The Morgan fingerprint density at radius 2 is 2.09 bits per heavy atom. The molecular weight excluding hydrogens is 278 g/mol. The quantitative estimate of drug-likeness (QED) is 0.752. The molecule has 3 rings (SSSR count). The Kier molecular flexibility index (Phi) is 3.89. The van der Waals surface area contributed by atoms with Crippen molar-refractivity contribution in [2.45, 2.75) is 6.54 Å². The third kappa shape index (κ3) is 2.58. The van der Waals surface area contributed by atoms with Gasteiger partial charge in [0.05, 0.1) is 18.4 Å². The van der Waals surface area contributed by atoms with Gasteiger partial charge in [0.1, 0.15) is 5.52 Å². The summed E-state index contributed by atoms with van der Waals surface area (Å²) < 4.78 is 6.60. The van der Waals surface area contributed by atoms with Crippen LogP contribution in [0.2, 0.25) is 0 Å². The van der Waals surface area contributed by atoms with E-state index >= 15 is 0 Å². The highest BCUT2D eigenvalue weighted by Gasteiger charge is 2.13. The second-order valence-electron chi connectivity index (χ2n) is 5.01. The Morgan fingerprint density at radius 1 is 1.27 bits per heavy atom. The average molecular weight is 295 g/mol. The van der Waals surface area contributed by atoms with Gasteiger partial charge in [-0.3, -0.25) is 0 Å². The molecule has 0 aliphatic carbocycles. The first kappa shape index (κ1) is 14.3. The standard InChI is InChI=1S/C17H17N3O2/c1-18-10-12-5-3-7-14(9-12)20-11-13-6-4-8-15(16(13)19-20)17(21)22-2/h3-9,11,18H,10H2,1-2H3. The van der Waals surface area contributed by atoms with Crippen molar-refractivity contribution in [3.8, 4) is 5.69 Å². The van der Waals surface area contributed by atoms with Crippen molar-refractivity contribution in [3.63, 3.8) is 0 Å². The Hall–Kier alpha value is -2.66. The van der Waals surface area contributed by atoms with Crippen LogP contribution >= 0.6 is 0 Å². The van der Waals surface area contributed by atoms with E-state index in [1.54, 1.807) is 10.7 Å². The summed E-state index contributed by atoms with van der Waals surface area (Å²) in [6.45, 7) is 0.794. The van der Waals surface area contributed by atoms with E-state index in [1.165, 1.54) is 12.7 Å². The lowest BCUT2D eigenvalue weighted by atomic mass is 10.1.